The Morgan fingerprint density at radius 1 is 1.08 bits per heavy atom. The second kappa shape index (κ2) is 9.47. The van der Waals surface area contributed by atoms with E-state index in [4.69, 9.17) is 9.47 Å². The van der Waals surface area contributed by atoms with Gasteiger partial charge in [0.15, 0.2) is 0 Å². The molecule has 0 saturated carbocycles. The molecule has 0 fully saturated rings. The Hall–Kier alpha value is -1.82. The first kappa shape index (κ1) is 20.2. The van der Waals surface area contributed by atoms with Gasteiger partial charge in [0, 0.05) is 6.42 Å². The number of benzene rings is 1. The lowest BCUT2D eigenvalue weighted by atomic mass is 10.1. The lowest BCUT2D eigenvalue weighted by molar-refractivity contribution is -0.144. The van der Waals surface area contributed by atoms with Crippen molar-refractivity contribution in [2.45, 2.75) is 46.0 Å². The molecule has 0 heterocycles. The van der Waals surface area contributed by atoms with Crippen LogP contribution in [0.3, 0.4) is 0 Å². The predicted octanol–water partition coefficient (Wildman–Crippen LogP) is 3.40. The van der Waals surface area contributed by atoms with Gasteiger partial charge in [0.25, 0.3) is 0 Å². The summed E-state index contributed by atoms with van der Waals surface area (Å²) in [5.41, 5.74) is 0.955. The molecule has 0 radical (unpaired) electrons. The maximum absolute atomic E-state index is 12.4. The molecule has 0 aliphatic heterocycles. The summed E-state index contributed by atoms with van der Waals surface area (Å²) in [4.78, 5) is 24.3. The molecule has 1 N–H and O–H groups in total. The molecule has 1 amide bonds. The van der Waals surface area contributed by atoms with E-state index in [1.54, 1.807) is 0 Å². The zero-order valence-corrected chi connectivity index (χ0v) is 16.3. The van der Waals surface area contributed by atoms with Crippen LogP contribution >= 0.6 is 0 Å². The molecular formula is C18H29NO4Si. The first-order valence-corrected chi connectivity index (χ1v) is 12.0. The van der Waals surface area contributed by atoms with E-state index < -0.39 is 26.2 Å². The van der Waals surface area contributed by atoms with Crippen molar-refractivity contribution in [3.05, 3.63) is 35.9 Å². The van der Waals surface area contributed by atoms with Crippen molar-refractivity contribution >= 4 is 20.1 Å². The molecule has 6 heteroatoms. The van der Waals surface area contributed by atoms with E-state index in [1.807, 2.05) is 44.2 Å². The highest BCUT2D eigenvalue weighted by atomic mass is 28.3. The molecule has 0 aliphatic rings. The number of ether oxygens (including phenoxy) is 2. The number of carbonyl (C=O) groups excluding carboxylic acids is 2. The fraction of sp³-hybridized carbons (Fsp3) is 0.556. The number of alkyl carbamates (subject to hydrolysis) is 1. The second-order valence-corrected chi connectivity index (χ2v) is 13.0. The minimum Gasteiger partial charge on any atom is -0.468 e. The third kappa shape index (κ3) is 8.72. The summed E-state index contributed by atoms with van der Waals surface area (Å²) in [6.45, 7) is 10.6. The SMILES string of the molecule is CC(C)COC(=O)NC(Cc1ccccc1)C(=O)OC[Si](C)(C)C. The monoisotopic (exact) mass is 351 g/mol. The average molecular weight is 352 g/mol. The van der Waals surface area contributed by atoms with Crippen LogP contribution in [0.4, 0.5) is 4.79 Å². The number of nitrogens with one attached hydrogen (secondary N) is 1. The number of amides is 1. The Kier molecular flexibility index (Phi) is 7.98. The highest BCUT2D eigenvalue weighted by Gasteiger charge is 2.25. The Morgan fingerprint density at radius 3 is 2.25 bits per heavy atom. The van der Waals surface area contributed by atoms with Gasteiger partial charge < -0.3 is 14.8 Å². The molecule has 0 bridgehead atoms. The van der Waals surface area contributed by atoms with Gasteiger partial charge in [-0.25, -0.2) is 9.59 Å². The van der Waals surface area contributed by atoms with Gasteiger partial charge in [-0.2, -0.15) is 0 Å². The van der Waals surface area contributed by atoms with Gasteiger partial charge in [0.1, 0.15) is 6.04 Å². The molecule has 0 saturated heterocycles. The third-order valence-corrected chi connectivity index (χ3v) is 4.06. The molecule has 0 aliphatic carbocycles. The van der Waals surface area contributed by atoms with Crippen molar-refractivity contribution < 1.29 is 19.1 Å². The lowest BCUT2D eigenvalue weighted by Gasteiger charge is -2.21. The van der Waals surface area contributed by atoms with E-state index in [0.717, 1.165) is 5.56 Å². The molecule has 5 nitrogen and oxygen atoms in total. The quantitative estimate of drug-likeness (QED) is 0.576. The number of carbonyl (C=O) groups is 2. The largest absolute Gasteiger partial charge is 0.468 e. The van der Waals surface area contributed by atoms with Crippen LogP contribution < -0.4 is 5.32 Å². The molecule has 0 spiro atoms. The smallest absolute Gasteiger partial charge is 0.407 e. The van der Waals surface area contributed by atoms with E-state index in [-0.39, 0.29) is 5.92 Å². The van der Waals surface area contributed by atoms with Crippen molar-refractivity contribution in [3.8, 4) is 0 Å². The summed E-state index contributed by atoms with van der Waals surface area (Å²) in [5.74, 6) is -0.176. The standard InChI is InChI=1S/C18H29NO4Si/c1-14(2)12-22-18(21)19-16(11-15-9-7-6-8-10-15)17(20)23-13-24(3,4)5/h6-10,14,16H,11-13H2,1-5H3,(H,19,21). The van der Waals surface area contributed by atoms with Crippen LogP contribution in [0.25, 0.3) is 0 Å². The van der Waals surface area contributed by atoms with Crippen LogP contribution in [0.15, 0.2) is 30.3 Å². The summed E-state index contributed by atoms with van der Waals surface area (Å²) in [5, 5.41) is 2.64. The van der Waals surface area contributed by atoms with Crippen molar-refractivity contribution in [2.75, 3.05) is 12.8 Å². The lowest BCUT2D eigenvalue weighted by Crippen LogP contribution is -2.45. The van der Waals surface area contributed by atoms with E-state index in [9.17, 15) is 9.59 Å². The van der Waals surface area contributed by atoms with Gasteiger partial charge in [0.2, 0.25) is 0 Å². The normalized spacial score (nSPS) is 12.6. The van der Waals surface area contributed by atoms with E-state index in [0.29, 0.717) is 19.3 Å². The fourth-order valence-corrected chi connectivity index (χ4v) is 2.43. The predicted molar refractivity (Wildman–Crippen MR) is 97.6 cm³/mol. The summed E-state index contributed by atoms with van der Waals surface area (Å²) >= 11 is 0. The zero-order chi connectivity index (χ0) is 18.2. The van der Waals surface area contributed by atoms with Gasteiger partial charge in [-0.15, -0.1) is 0 Å². The summed E-state index contributed by atoms with van der Waals surface area (Å²) in [6.07, 6.45) is 0.219. The van der Waals surface area contributed by atoms with Crippen LogP contribution in [0.2, 0.25) is 19.6 Å². The van der Waals surface area contributed by atoms with Gasteiger partial charge in [-0.3, -0.25) is 0 Å². The van der Waals surface area contributed by atoms with Crippen molar-refractivity contribution in [3.63, 3.8) is 0 Å². The molecule has 1 aromatic rings. The van der Waals surface area contributed by atoms with Crippen molar-refractivity contribution in [2.24, 2.45) is 5.92 Å². The Labute approximate surface area is 145 Å². The Bertz CT molecular complexity index is 526. The van der Waals surface area contributed by atoms with Crippen LogP contribution in [0.1, 0.15) is 19.4 Å². The van der Waals surface area contributed by atoms with Crippen LogP contribution in [0.5, 0.6) is 0 Å². The Balaban J connectivity index is 2.71. The van der Waals surface area contributed by atoms with Crippen molar-refractivity contribution in [1.29, 1.82) is 0 Å². The molecule has 1 aromatic carbocycles. The van der Waals surface area contributed by atoms with Gasteiger partial charge in [-0.1, -0.05) is 63.8 Å². The minimum absolute atomic E-state index is 0.238. The fourth-order valence-electron chi connectivity index (χ4n) is 1.86. The van der Waals surface area contributed by atoms with Crippen LogP contribution in [-0.2, 0) is 20.7 Å². The molecule has 134 valence electrons. The highest BCUT2D eigenvalue weighted by Crippen LogP contribution is 2.08. The van der Waals surface area contributed by atoms with Crippen LogP contribution in [-0.4, -0.2) is 39.0 Å². The number of esters is 1. The average Bonchev–Trinajstić information content (AvgIpc) is 2.50. The van der Waals surface area contributed by atoms with Gasteiger partial charge >= 0.3 is 12.1 Å². The molecule has 1 rings (SSSR count). The minimum atomic E-state index is -1.51. The van der Waals surface area contributed by atoms with E-state index in [1.165, 1.54) is 0 Å². The van der Waals surface area contributed by atoms with Gasteiger partial charge in [-0.05, 0) is 11.5 Å². The van der Waals surface area contributed by atoms with Crippen molar-refractivity contribution in [1.82, 2.24) is 5.32 Å². The Morgan fingerprint density at radius 2 is 1.71 bits per heavy atom. The molecule has 1 atom stereocenters. The zero-order valence-electron chi connectivity index (χ0n) is 15.3. The molecule has 24 heavy (non-hydrogen) atoms. The summed E-state index contributed by atoms with van der Waals surface area (Å²) in [7, 11) is -1.51. The molecule has 0 aromatic heterocycles. The summed E-state index contributed by atoms with van der Waals surface area (Å²) < 4.78 is 10.5. The number of hydrogen-bond acceptors (Lipinski definition) is 4. The topological polar surface area (TPSA) is 64.6 Å². The maximum Gasteiger partial charge on any atom is 0.407 e. The second-order valence-electron chi connectivity index (χ2n) is 7.55. The number of rotatable bonds is 8. The summed E-state index contributed by atoms with van der Waals surface area (Å²) in [6, 6.07) is 8.79. The third-order valence-electron chi connectivity index (χ3n) is 3.05. The first-order valence-electron chi connectivity index (χ1n) is 8.31. The molecule has 1 unspecified atom stereocenters. The van der Waals surface area contributed by atoms with E-state index >= 15 is 0 Å². The number of hydrogen-bond donors (Lipinski definition) is 1. The highest BCUT2D eigenvalue weighted by molar-refractivity contribution is 6.76. The van der Waals surface area contributed by atoms with E-state index in [2.05, 4.69) is 25.0 Å². The molecular weight excluding hydrogens is 322 g/mol. The maximum atomic E-state index is 12.4. The van der Waals surface area contributed by atoms with Crippen LogP contribution in [0, 0.1) is 5.92 Å². The van der Waals surface area contributed by atoms with Gasteiger partial charge in [0.05, 0.1) is 20.9 Å². The first-order chi connectivity index (χ1) is 11.2.